The van der Waals surface area contributed by atoms with Gasteiger partial charge >= 0.3 is 23.1 Å². The van der Waals surface area contributed by atoms with Gasteiger partial charge in [-0.1, -0.05) is 0 Å². The van der Waals surface area contributed by atoms with E-state index in [-0.39, 0.29) is 40.0 Å². The third-order valence-electron chi connectivity index (χ3n) is 1.59. The summed E-state index contributed by atoms with van der Waals surface area (Å²) in [6, 6.07) is 5.68. The van der Waals surface area contributed by atoms with Gasteiger partial charge in [-0.25, -0.2) is 4.39 Å². The Bertz CT molecular complexity index is 228. The van der Waals surface area contributed by atoms with E-state index in [1.165, 1.54) is 18.9 Å². The maximum atomic E-state index is 11.9. The first kappa shape index (κ1) is 17.7. The molecule has 0 N–H and O–H groups in total. The number of ether oxygens (including phenoxy) is 1. The first-order valence-electron chi connectivity index (χ1n) is 4.19. The van der Waals surface area contributed by atoms with E-state index >= 15 is 0 Å². The monoisotopic (exact) mass is 288 g/mol. The van der Waals surface area contributed by atoms with Crippen LogP contribution in [0, 0.1) is 17.7 Å². The smallest absolute Gasteiger partial charge is 1.00 e. The third-order valence-corrected chi connectivity index (χ3v) is 1.59. The summed E-state index contributed by atoms with van der Waals surface area (Å²) in [5, 5.41) is 0. The first-order chi connectivity index (χ1) is 6.30. The average Bonchev–Trinajstić information content (AvgIpc) is 2.68. The number of benzene rings is 1. The van der Waals surface area contributed by atoms with Crippen molar-refractivity contribution in [1.29, 1.82) is 0 Å². The minimum atomic E-state index is -0.854. The number of hydrogen-bond acceptors (Lipinski definition) is 1. The molecule has 80 valence electrons. The fourth-order valence-corrected chi connectivity index (χ4v) is 0.901. The van der Waals surface area contributed by atoms with Crippen molar-refractivity contribution in [2.45, 2.75) is 12.8 Å². The topological polar surface area (TPSA) is 9.23 Å². The molecule has 1 nitrogen and oxygen atoms in total. The van der Waals surface area contributed by atoms with Crippen molar-refractivity contribution in [3.63, 3.8) is 0 Å². The van der Waals surface area contributed by atoms with Crippen molar-refractivity contribution in [3.05, 3.63) is 35.9 Å². The SMILES string of the molecule is C1CCOC1.Fc1c[c-]ccc1F.[Br-].[Mg+2]. The summed E-state index contributed by atoms with van der Waals surface area (Å²) in [5.74, 6) is -1.68. The summed E-state index contributed by atoms with van der Waals surface area (Å²) < 4.78 is 28.8. The van der Waals surface area contributed by atoms with E-state index in [1.54, 1.807) is 0 Å². The van der Waals surface area contributed by atoms with Crippen molar-refractivity contribution in [1.82, 2.24) is 0 Å². The molecule has 0 amide bonds. The Morgan fingerprint density at radius 3 is 2.00 bits per heavy atom. The quantitative estimate of drug-likeness (QED) is 0.448. The minimum Gasteiger partial charge on any atom is -1.00 e. The average molecular weight is 289 g/mol. The molecule has 0 radical (unpaired) electrons. The predicted molar refractivity (Wildman–Crippen MR) is 51.0 cm³/mol. The van der Waals surface area contributed by atoms with E-state index in [1.807, 2.05) is 0 Å². The second-order valence-electron chi connectivity index (χ2n) is 2.66. The number of rotatable bonds is 0. The van der Waals surface area contributed by atoms with Crippen LogP contribution in [0.3, 0.4) is 0 Å². The fraction of sp³-hybridized carbons (Fsp3) is 0.400. The van der Waals surface area contributed by atoms with Crippen LogP contribution in [0.4, 0.5) is 8.78 Å². The first-order valence-corrected chi connectivity index (χ1v) is 4.19. The van der Waals surface area contributed by atoms with Crippen molar-refractivity contribution in [2.75, 3.05) is 13.2 Å². The molecule has 1 heterocycles. The largest absolute Gasteiger partial charge is 2.00 e. The Morgan fingerprint density at radius 2 is 1.73 bits per heavy atom. The van der Waals surface area contributed by atoms with Crippen LogP contribution in [-0.4, -0.2) is 36.3 Å². The van der Waals surface area contributed by atoms with Gasteiger partial charge in [-0.15, -0.1) is 12.1 Å². The Kier molecular flexibility index (Phi) is 12.7. The Balaban J connectivity index is 0. The molecule has 5 heteroatoms. The summed E-state index contributed by atoms with van der Waals surface area (Å²) >= 11 is 0. The summed E-state index contributed by atoms with van der Waals surface area (Å²) in [5.41, 5.74) is 0. The zero-order valence-corrected chi connectivity index (χ0v) is 11.3. The van der Waals surface area contributed by atoms with Gasteiger partial charge in [-0.3, -0.25) is 4.39 Å². The van der Waals surface area contributed by atoms with Crippen LogP contribution in [0.25, 0.3) is 0 Å². The predicted octanol–water partition coefficient (Wildman–Crippen LogP) is -0.815. The van der Waals surface area contributed by atoms with Gasteiger partial charge in [0.05, 0.1) is 0 Å². The molecule has 0 atom stereocenters. The number of halogens is 3. The molecule has 0 bridgehead atoms. The van der Waals surface area contributed by atoms with Crippen molar-refractivity contribution < 1.29 is 30.5 Å². The molecule has 0 unspecified atom stereocenters. The van der Waals surface area contributed by atoms with E-state index in [2.05, 4.69) is 6.07 Å². The molecule has 1 aliphatic heterocycles. The molecule has 0 spiro atoms. The molecule has 0 saturated carbocycles. The Hall–Kier alpha value is 0.286. The maximum Gasteiger partial charge on any atom is 2.00 e. The van der Waals surface area contributed by atoms with E-state index in [9.17, 15) is 8.78 Å². The van der Waals surface area contributed by atoms with E-state index in [4.69, 9.17) is 4.74 Å². The van der Waals surface area contributed by atoms with Crippen molar-refractivity contribution in [2.24, 2.45) is 0 Å². The Morgan fingerprint density at radius 1 is 1.13 bits per heavy atom. The summed E-state index contributed by atoms with van der Waals surface area (Å²) in [7, 11) is 0. The molecule has 1 aromatic carbocycles. The molecule has 1 saturated heterocycles. The molecular formula is C10H11BrF2MgO. The molecule has 0 aliphatic carbocycles. The van der Waals surface area contributed by atoms with Crippen LogP contribution in [-0.2, 0) is 4.74 Å². The van der Waals surface area contributed by atoms with Gasteiger partial charge in [0.15, 0.2) is 0 Å². The van der Waals surface area contributed by atoms with Crippen LogP contribution < -0.4 is 17.0 Å². The standard InChI is InChI=1S/C6H3F2.C4H8O.BrH.Mg/c7-5-3-1-2-4-6(5)8;1-2-4-5-3-1;;/h1,3-4H;1-4H2;1H;/q-1;;;+2/p-1. The second kappa shape index (κ2) is 10.8. The molecule has 1 aromatic rings. The summed E-state index contributed by atoms with van der Waals surface area (Å²) in [6.07, 6.45) is 2.56. The van der Waals surface area contributed by atoms with Gasteiger partial charge in [-0.05, 0) is 12.8 Å². The van der Waals surface area contributed by atoms with Gasteiger partial charge in [0.1, 0.15) is 0 Å². The number of hydrogen-bond donors (Lipinski definition) is 0. The van der Waals surface area contributed by atoms with Crippen LogP contribution >= 0.6 is 0 Å². The van der Waals surface area contributed by atoms with E-state index in [0.29, 0.717) is 0 Å². The fourth-order valence-electron chi connectivity index (χ4n) is 0.901. The maximum absolute atomic E-state index is 11.9. The normalized spacial score (nSPS) is 12.9. The molecule has 1 fully saturated rings. The van der Waals surface area contributed by atoms with E-state index in [0.717, 1.165) is 25.3 Å². The molecular weight excluding hydrogens is 278 g/mol. The van der Waals surface area contributed by atoms with Crippen molar-refractivity contribution in [3.8, 4) is 0 Å². The second-order valence-corrected chi connectivity index (χ2v) is 2.66. The molecule has 1 aliphatic rings. The van der Waals surface area contributed by atoms with Crippen LogP contribution in [0.15, 0.2) is 18.2 Å². The minimum absolute atomic E-state index is 0. The van der Waals surface area contributed by atoms with Gasteiger partial charge in [-0.2, -0.15) is 12.1 Å². The third kappa shape index (κ3) is 8.13. The molecule has 2 rings (SSSR count). The van der Waals surface area contributed by atoms with E-state index < -0.39 is 11.6 Å². The van der Waals surface area contributed by atoms with Crippen LogP contribution in [0.1, 0.15) is 12.8 Å². The van der Waals surface area contributed by atoms with Gasteiger partial charge < -0.3 is 21.7 Å². The molecule has 0 aromatic heterocycles. The van der Waals surface area contributed by atoms with Crippen LogP contribution in [0.2, 0.25) is 0 Å². The van der Waals surface area contributed by atoms with Gasteiger partial charge in [0.2, 0.25) is 0 Å². The zero-order chi connectivity index (χ0) is 9.52. The zero-order valence-electron chi connectivity index (χ0n) is 8.31. The van der Waals surface area contributed by atoms with Gasteiger partial charge in [0.25, 0.3) is 0 Å². The Labute approximate surface area is 115 Å². The van der Waals surface area contributed by atoms with Crippen LogP contribution in [0.5, 0.6) is 0 Å². The van der Waals surface area contributed by atoms with Crippen molar-refractivity contribution >= 4 is 23.1 Å². The summed E-state index contributed by atoms with van der Waals surface area (Å²) in [4.78, 5) is 0. The van der Waals surface area contributed by atoms with Gasteiger partial charge in [0, 0.05) is 24.8 Å². The summed E-state index contributed by atoms with van der Waals surface area (Å²) in [6.45, 7) is 2.00. The molecule has 15 heavy (non-hydrogen) atoms.